The Balaban J connectivity index is 1.35. The van der Waals surface area contributed by atoms with Crippen LogP contribution >= 0.6 is 0 Å². The number of alkyl halides is 3. The van der Waals surface area contributed by atoms with Gasteiger partial charge < -0.3 is 9.47 Å². The Morgan fingerprint density at radius 3 is 2.24 bits per heavy atom. The molecule has 29 heavy (non-hydrogen) atoms. The van der Waals surface area contributed by atoms with E-state index in [4.69, 9.17) is 9.47 Å². The molecule has 2 fully saturated rings. The van der Waals surface area contributed by atoms with Crippen molar-refractivity contribution in [2.75, 3.05) is 13.2 Å². The van der Waals surface area contributed by atoms with Gasteiger partial charge >= 0.3 is 6.18 Å². The van der Waals surface area contributed by atoms with Crippen molar-refractivity contribution in [1.29, 1.82) is 0 Å². The number of hydrogen-bond donors (Lipinski definition) is 0. The molecule has 0 unspecified atom stereocenters. The van der Waals surface area contributed by atoms with Gasteiger partial charge in [-0.15, -0.1) is 0 Å². The molecule has 2 aliphatic rings. The van der Waals surface area contributed by atoms with Crippen LogP contribution in [-0.2, 0) is 6.18 Å². The Bertz CT molecular complexity index is 810. The van der Waals surface area contributed by atoms with Gasteiger partial charge in [-0.2, -0.15) is 13.2 Å². The number of fused-ring (bicyclic) bond motifs is 2. The van der Waals surface area contributed by atoms with E-state index >= 15 is 0 Å². The first-order valence-electron chi connectivity index (χ1n) is 10.1. The van der Waals surface area contributed by atoms with Crippen LogP contribution in [0.3, 0.4) is 0 Å². The molecule has 0 amide bonds. The van der Waals surface area contributed by atoms with E-state index in [9.17, 15) is 13.2 Å². The van der Waals surface area contributed by atoms with Crippen molar-refractivity contribution in [3.8, 4) is 11.5 Å². The summed E-state index contributed by atoms with van der Waals surface area (Å²) in [6.45, 7) is 3.04. The molecule has 0 aliphatic carbocycles. The second kappa shape index (κ2) is 7.90. The lowest BCUT2D eigenvalue weighted by Crippen LogP contribution is -2.53. The molecule has 2 aromatic carbocycles. The molecule has 2 saturated heterocycles. The van der Waals surface area contributed by atoms with Gasteiger partial charge in [-0.05, 0) is 44.0 Å². The molecule has 2 aromatic rings. The van der Waals surface area contributed by atoms with Crippen molar-refractivity contribution in [1.82, 2.24) is 4.90 Å². The topological polar surface area (TPSA) is 21.7 Å². The van der Waals surface area contributed by atoms with Crippen LogP contribution in [0.2, 0.25) is 0 Å². The Morgan fingerprint density at radius 1 is 0.966 bits per heavy atom. The minimum atomic E-state index is -4.41. The zero-order chi connectivity index (χ0) is 20.5. The Kier molecular flexibility index (Phi) is 5.47. The van der Waals surface area contributed by atoms with Gasteiger partial charge in [0.1, 0.15) is 23.7 Å². The molecule has 2 bridgehead atoms. The number of para-hydroxylation sites is 2. The molecule has 4 rings (SSSR count). The summed E-state index contributed by atoms with van der Waals surface area (Å²) in [6.07, 6.45) is -0.387. The summed E-state index contributed by atoms with van der Waals surface area (Å²) in [5.41, 5.74) is -0.932. The predicted octanol–water partition coefficient (Wildman–Crippen LogP) is 5.55. The summed E-state index contributed by atoms with van der Waals surface area (Å²) in [5.74, 6) is 0.788. The zero-order valence-electron chi connectivity index (χ0n) is 16.5. The summed E-state index contributed by atoms with van der Waals surface area (Å²) < 4.78 is 51.2. The smallest absolute Gasteiger partial charge is 0.419 e. The zero-order valence-corrected chi connectivity index (χ0v) is 16.5. The van der Waals surface area contributed by atoms with Crippen LogP contribution in [0, 0.1) is 0 Å². The van der Waals surface area contributed by atoms with Gasteiger partial charge in [-0.1, -0.05) is 30.3 Å². The maximum atomic E-state index is 13.1. The number of hydrogen-bond acceptors (Lipinski definition) is 3. The van der Waals surface area contributed by atoms with Crippen molar-refractivity contribution < 1.29 is 22.6 Å². The Hall–Kier alpha value is -2.21. The average molecular weight is 405 g/mol. The van der Waals surface area contributed by atoms with Gasteiger partial charge in [0.25, 0.3) is 0 Å². The van der Waals surface area contributed by atoms with Crippen LogP contribution in [0.1, 0.15) is 38.2 Å². The van der Waals surface area contributed by atoms with Gasteiger partial charge in [0.15, 0.2) is 0 Å². The highest BCUT2D eigenvalue weighted by Crippen LogP contribution is 2.42. The first kappa shape index (κ1) is 20.1. The van der Waals surface area contributed by atoms with Gasteiger partial charge in [0.05, 0.1) is 5.56 Å². The van der Waals surface area contributed by atoms with E-state index in [0.717, 1.165) is 37.5 Å². The standard InChI is InChI=1S/C23H26F3NO2/c1-22(29-19-7-3-2-4-8-19)15-17-11-12-18(16-22)27(17)13-14-28-21-10-6-5-9-20(21)23(24,25)26/h2-10,17-18H,11-16H2,1H3/t17-,18+,22+. The third-order valence-electron chi connectivity index (χ3n) is 6.01. The van der Waals surface area contributed by atoms with E-state index < -0.39 is 11.7 Å². The van der Waals surface area contributed by atoms with Crippen molar-refractivity contribution in [3.63, 3.8) is 0 Å². The Morgan fingerprint density at radius 2 is 1.59 bits per heavy atom. The van der Waals surface area contributed by atoms with Crippen LogP contribution in [0.4, 0.5) is 13.2 Å². The van der Waals surface area contributed by atoms with E-state index in [1.807, 2.05) is 30.3 Å². The average Bonchev–Trinajstić information content (AvgIpc) is 2.93. The molecule has 0 N–H and O–H groups in total. The number of nitrogens with zero attached hydrogens (tertiary/aromatic N) is 1. The van der Waals surface area contributed by atoms with Crippen LogP contribution in [0.15, 0.2) is 54.6 Å². The molecule has 3 nitrogen and oxygen atoms in total. The van der Waals surface area contributed by atoms with Gasteiger partial charge in [-0.25, -0.2) is 0 Å². The van der Waals surface area contributed by atoms with Crippen molar-refractivity contribution in [2.45, 2.75) is 56.5 Å². The summed E-state index contributed by atoms with van der Waals surface area (Å²) in [6, 6.07) is 16.0. The lowest BCUT2D eigenvalue weighted by molar-refractivity contribution is -0.139. The normalized spacial score (nSPS) is 27.0. The third-order valence-corrected chi connectivity index (χ3v) is 6.01. The molecule has 2 heterocycles. The summed E-state index contributed by atoms with van der Waals surface area (Å²) >= 11 is 0. The summed E-state index contributed by atoms with van der Waals surface area (Å²) in [4.78, 5) is 2.40. The maximum absolute atomic E-state index is 13.1. The second-order valence-corrected chi connectivity index (χ2v) is 8.24. The second-order valence-electron chi connectivity index (χ2n) is 8.24. The third kappa shape index (κ3) is 4.53. The molecule has 2 aliphatic heterocycles. The molecule has 0 saturated carbocycles. The van der Waals surface area contributed by atoms with Crippen LogP contribution < -0.4 is 9.47 Å². The van der Waals surface area contributed by atoms with Crippen LogP contribution in [-0.4, -0.2) is 35.7 Å². The van der Waals surface area contributed by atoms with E-state index in [1.54, 1.807) is 6.07 Å². The number of halogens is 3. The molecule has 6 heteroatoms. The van der Waals surface area contributed by atoms with Crippen LogP contribution in [0.5, 0.6) is 11.5 Å². The van der Waals surface area contributed by atoms with Crippen LogP contribution in [0.25, 0.3) is 0 Å². The molecular weight excluding hydrogens is 379 g/mol. The molecule has 3 atom stereocenters. The summed E-state index contributed by atoms with van der Waals surface area (Å²) in [5, 5.41) is 0. The summed E-state index contributed by atoms with van der Waals surface area (Å²) in [7, 11) is 0. The Labute approximate surface area is 169 Å². The van der Waals surface area contributed by atoms with Crippen molar-refractivity contribution in [2.24, 2.45) is 0 Å². The van der Waals surface area contributed by atoms with E-state index in [0.29, 0.717) is 18.6 Å². The SMILES string of the molecule is C[C@]1(Oc2ccccc2)C[C@H]2CC[C@@H](C1)N2CCOc1ccccc1C(F)(F)F. The largest absolute Gasteiger partial charge is 0.492 e. The predicted molar refractivity (Wildman–Crippen MR) is 105 cm³/mol. The fourth-order valence-electron chi connectivity index (χ4n) is 4.84. The number of rotatable bonds is 6. The van der Waals surface area contributed by atoms with E-state index in [-0.39, 0.29) is 18.0 Å². The lowest BCUT2D eigenvalue weighted by Gasteiger charge is -2.44. The van der Waals surface area contributed by atoms with Gasteiger partial charge in [0, 0.05) is 31.5 Å². The number of ether oxygens (including phenoxy) is 2. The highest BCUT2D eigenvalue weighted by Gasteiger charge is 2.47. The highest BCUT2D eigenvalue weighted by molar-refractivity contribution is 5.35. The van der Waals surface area contributed by atoms with E-state index in [1.165, 1.54) is 12.1 Å². The first-order chi connectivity index (χ1) is 13.8. The fraction of sp³-hybridized carbons (Fsp3) is 0.478. The lowest BCUT2D eigenvalue weighted by atomic mass is 9.87. The van der Waals surface area contributed by atoms with Gasteiger partial charge in [0.2, 0.25) is 0 Å². The molecule has 0 spiro atoms. The monoisotopic (exact) mass is 405 g/mol. The molecule has 0 radical (unpaired) electrons. The first-order valence-corrected chi connectivity index (χ1v) is 10.1. The fourth-order valence-corrected chi connectivity index (χ4v) is 4.84. The van der Waals surface area contributed by atoms with Gasteiger partial charge in [-0.3, -0.25) is 4.90 Å². The molecule has 0 aromatic heterocycles. The van der Waals surface area contributed by atoms with Crippen molar-refractivity contribution >= 4 is 0 Å². The molecule has 156 valence electrons. The number of piperidine rings is 1. The highest BCUT2D eigenvalue weighted by atomic mass is 19.4. The quantitative estimate of drug-likeness (QED) is 0.629. The number of benzene rings is 2. The minimum Gasteiger partial charge on any atom is -0.492 e. The van der Waals surface area contributed by atoms with Crippen molar-refractivity contribution in [3.05, 3.63) is 60.2 Å². The minimum absolute atomic E-state index is 0.0957. The maximum Gasteiger partial charge on any atom is 0.419 e. The molecular formula is C23H26F3NO2. The van der Waals surface area contributed by atoms with E-state index in [2.05, 4.69) is 11.8 Å².